The van der Waals surface area contributed by atoms with E-state index in [-0.39, 0.29) is 0 Å². The van der Waals surface area contributed by atoms with Crippen LogP contribution in [0.1, 0.15) is 0 Å². The maximum atomic E-state index is 11.0. The molecular weight excluding hydrogens is 446 g/mol. The van der Waals surface area contributed by atoms with Crippen molar-refractivity contribution in [2.45, 2.75) is 0 Å². The highest BCUT2D eigenvalue weighted by Crippen LogP contribution is 2.33. The Kier molecular flexibility index (Phi) is 7.17. The van der Waals surface area contributed by atoms with Gasteiger partial charge in [-0.3, -0.25) is 0 Å². The van der Waals surface area contributed by atoms with E-state index < -0.39 is 13.8 Å². The molecule has 0 aromatic heterocycles. The third-order valence-corrected chi connectivity index (χ3v) is 5.95. The molecule has 4 nitrogen and oxygen atoms in total. The predicted molar refractivity (Wildman–Crippen MR) is 147 cm³/mol. The molecule has 5 aromatic rings. The van der Waals surface area contributed by atoms with Gasteiger partial charge in [-0.05, 0) is 46.1 Å². The first-order valence-electron chi connectivity index (χ1n) is 11.8. The van der Waals surface area contributed by atoms with Crippen LogP contribution in [0.5, 0.6) is 23.0 Å². The van der Waals surface area contributed by atoms with Crippen molar-refractivity contribution >= 4 is 35.7 Å². The van der Waals surface area contributed by atoms with Crippen LogP contribution in [0.4, 0.5) is 0 Å². The van der Waals surface area contributed by atoms with Crippen LogP contribution in [0.2, 0.25) is 0 Å². The van der Waals surface area contributed by atoms with Crippen LogP contribution in [-0.4, -0.2) is 23.9 Å². The molecule has 0 heterocycles. The van der Waals surface area contributed by atoms with Gasteiger partial charge in [0, 0.05) is 0 Å². The summed E-state index contributed by atoms with van der Waals surface area (Å²) >= 11 is 0. The van der Waals surface area contributed by atoms with Crippen LogP contribution >= 0.6 is 0 Å². The highest BCUT2D eigenvalue weighted by Gasteiger charge is 2.23. The quantitative estimate of drug-likeness (QED) is 0.341. The predicted octanol–water partition coefficient (Wildman–Crippen LogP) is 3.47. The summed E-state index contributed by atoms with van der Waals surface area (Å²) in [6.45, 7) is -1.67. The van der Waals surface area contributed by atoms with Crippen LogP contribution in [0, 0.1) is 0 Å². The smallest absolute Gasteiger partial charge is 0.362 e. The van der Waals surface area contributed by atoms with Crippen molar-refractivity contribution in [2.75, 3.05) is 0 Å². The summed E-state index contributed by atoms with van der Waals surface area (Å²) in [5.74, 6) is 2.05. The molecule has 36 heavy (non-hydrogen) atoms. The molecule has 0 aliphatic heterocycles. The van der Waals surface area contributed by atoms with Gasteiger partial charge in [0.05, 0.1) is 0 Å². The normalized spacial score (nSPS) is 10.5. The number of para-hydroxylation sites is 4. The van der Waals surface area contributed by atoms with Gasteiger partial charge in [-0.25, -0.2) is 0 Å². The van der Waals surface area contributed by atoms with E-state index in [2.05, 4.69) is 0 Å². The number of hydrogen-bond donors (Lipinski definition) is 2. The van der Waals surface area contributed by atoms with Crippen molar-refractivity contribution in [3.05, 3.63) is 133 Å². The Balaban J connectivity index is 1.45. The Bertz CT molecular complexity index is 1320. The summed E-state index contributed by atoms with van der Waals surface area (Å²) in [6, 6.07) is 41.1. The maximum absolute atomic E-state index is 11.0. The summed E-state index contributed by atoms with van der Waals surface area (Å²) in [5, 5.41) is 22.0. The first kappa shape index (κ1) is 23.5. The average molecular weight is 470 g/mol. The van der Waals surface area contributed by atoms with Gasteiger partial charge in [0.2, 0.25) is 0 Å². The van der Waals surface area contributed by atoms with E-state index in [1.54, 1.807) is 0 Å². The molecule has 0 amide bonds. The highest BCUT2D eigenvalue weighted by molar-refractivity contribution is 6.80. The molecule has 174 valence electrons. The zero-order chi connectivity index (χ0) is 24.7. The Morgan fingerprint density at radius 2 is 0.667 bits per heavy atom. The Hall–Kier alpha value is -4.25. The second-order valence-electron chi connectivity index (χ2n) is 8.35. The lowest BCUT2D eigenvalue weighted by Gasteiger charge is -2.18. The fourth-order valence-corrected chi connectivity index (χ4v) is 4.08. The molecule has 2 N–H and O–H groups in total. The van der Waals surface area contributed by atoms with Crippen molar-refractivity contribution < 1.29 is 19.5 Å². The van der Waals surface area contributed by atoms with Crippen LogP contribution in [0.25, 0.3) is 0 Å². The number of rotatable bonds is 8. The Labute approximate surface area is 211 Å². The van der Waals surface area contributed by atoms with Gasteiger partial charge in [-0.1, -0.05) is 109 Å². The lowest BCUT2D eigenvalue weighted by Crippen LogP contribution is -2.42. The minimum atomic E-state index is -0.836. The molecule has 0 bridgehead atoms. The molecule has 0 saturated carbocycles. The zero-order valence-electron chi connectivity index (χ0n) is 19.6. The van der Waals surface area contributed by atoms with Gasteiger partial charge in [0.15, 0.2) is 11.5 Å². The van der Waals surface area contributed by atoms with E-state index in [0.717, 1.165) is 10.9 Å². The largest absolute Gasteiger partial charge is 0.454 e. The van der Waals surface area contributed by atoms with E-state index in [4.69, 9.17) is 9.47 Å². The molecule has 0 atom stereocenters. The van der Waals surface area contributed by atoms with Crippen LogP contribution in [0.15, 0.2) is 133 Å². The van der Waals surface area contributed by atoms with Crippen molar-refractivity contribution in [1.82, 2.24) is 0 Å². The van der Waals surface area contributed by atoms with Crippen molar-refractivity contribution in [3.63, 3.8) is 0 Å². The van der Waals surface area contributed by atoms with Crippen LogP contribution < -0.4 is 31.3 Å². The van der Waals surface area contributed by atoms with Crippen LogP contribution in [0.3, 0.4) is 0 Å². The van der Waals surface area contributed by atoms with Crippen molar-refractivity contribution in [1.29, 1.82) is 0 Å². The average Bonchev–Trinajstić information content (AvgIpc) is 2.95. The third kappa shape index (κ3) is 5.20. The summed E-state index contributed by atoms with van der Waals surface area (Å²) in [4.78, 5) is 0. The van der Waals surface area contributed by atoms with Gasteiger partial charge >= 0.3 is 13.8 Å². The topological polar surface area (TPSA) is 58.9 Å². The molecule has 0 saturated heterocycles. The van der Waals surface area contributed by atoms with Crippen LogP contribution in [-0.2, 0) is 0 Å². The van der Waals surface area contributed by atoms with E-state index in [0.29, 0.717) is 33.9 Å². The van der Waals surface area contributed by atoms with Gasteiger partial charge < -0.3 is 19.5 Å². The number of ether oxygens (including phenoxy) is 2. The molecule has 0 spiro atoms. The SMILES string of the molecule is OB(c1ccccc1)c1ccccc1Oc1ccccc1Oc1ccccc1B(O)c1ccccc1. The molecule has 0 unspecified atom stereocenters. The Morgan fingerprint density at radius 1 is 0.361 bits per heavy atom. The fraction of sp³-hybridized carbons (Fsp3) is 0. The van der Waals surface area contributed by atoms with Gasteiger partial charge in [-0.15, -0.1) is 0 Å². The minimum Gasteiger partial charge on any atom is -0.454 e. The summed E-state index contributed by atoms with van der Waals surface area (Å²) in [6.07, 6.45) is 0. The molecule has 0 radical (unpaired) electrons. The third-order valence-electron chi connectivity index (χ3n) is 5.95. The van der Waals surface area contributed by atoms with E-state index in [1.807, 2.05) is 133 Å². The molecule has 0 aliphatic carbocycles. The zero-order valence-corrected chi connectivity index (χ0v) is 19.6. The van der Waals surface area contributed by atoms with Gasteiger partial charge in [0.1, 0.15) is 11.5 Å². The lowest BCUT2D eigenvalue weighted by atomic mass is 9.55. The molecule has 0 fully saturated rings. The lowest BCUT2D eigenvalue weighted by molar-refractivity contribution is 0.421. The number of hydrogen-bond acceptors (Lipinski definition) is 4. The summed E-state index contributed by atoms with van der Waals surface area (Å²) < 4.78 is 12.6. The standard InChI is InChI=1S/C30H24B2O4/c33-31(23-13-3-1-4-14-23)25-17-7-9-19-27(25)35-29-21-11-12-22-30(29)36-28-20-10-8-18-26(28)32(34)24-15-5-2-6-16-24/h1-22,33-34H. The molecular formula is C30H24B2O4. The summed E-state index contributed by atoms with van der Waals surface area (Å²) in [7, 11) is 0. The van der Waals surface area contributed by atoms with E-state index in [9.17, 15) is 10.0 Å². The molecule has 5 rings (SSSR count). The fourth-order valence-electron chi connectivity index (χ4n) is 4.08. The van der Waals surface area contributed by atoms with Gasteiger partial charge in [-0.2, -0.15) is 0 Å². The molecule has 5 aromatic carbocycles. The van der Waals surface area contributed by atoms with E-state index >= 15 is 0 Å². The Morgan fingerprint density at radius 3 is 1.06 bits per heavy atom. The highest BCUT2D eigenvalue weighted by atomic mass is 16.5. The first-order chi connectivity index (χ1) is 17.7. The number of benzene rings is 5. The second-order valence-corrected chi connectivity index (χ2v) is 8.35. The molecule has 0 aliphatic rings. The summed E-state index contributed by atoms with van der Waals surface area (Å²) in [5.41, 5.74) is 2.86. The minimum absolute atomic E-state index is 0.495. The van der Waals surface area contributed by atoms with E-state index in [1.165, 1.54) is 0 Å². The monoisotopic (exact) mass is 470 g/mol. The molecule has 6 heteroatoms. The van der Waals surface area contributed by atoms with Crippen molar-refractivity contribution in [2.24, 2.45) is 0 Å². The second kappa shape index (κ2) is 11.0. The van der Waals surface area contributed by atoms with Crippen molar-refractivity contribution in [3.8, 4) is 23.0 Å². The maximum Gasteiger partial charge on any atom is 0.362 e. The van der Waals surface area contributed by atoms with Gasteiger partial charge in [0.25, 0.3) is 0 Å². The first-order valence-corrected chi connectivity index (χ1v) is 11.8.